The van der Waals surface area contributed by atoms with E-state index in [0.29, 0.717) is 18.8 Å². The molecule has 2 aliphatic rings. The van der Waals surface area contributed by atoms with Crippen molar-refractivity contribution < 1.29 is 13.5 Å². The zero-order valence-corrected chi connectivity index (χ0v) is 10.7. The molecule has 0 bridgehead atoms. The van der Waals surface area contributed by atoms with E-state index >= 15 is 0 Å². The van der Waals surface area contributed by atoms with Crippen LogP contribution in [0.4, 0.5) is 20.2 Å². The minimum atomic E-state index is -0.686. The van der Waals surface area contributed by atoms with Crippen molar-refractivity contribution in [1.82, 2.24) is 0 Å². The van der Waals surface area contributed by atoms with Gasteiger partial charge in [-0.25, -0.2) is 8.78 Å². The molecule has 2 atom stereocenters. The first-order valence-corrected chi connectivity index (χ1v) is 6.79. The Kier molecular flexibility index (Phi) is 3.31. The van der Waals surface area contributed by atoms with E-state index in [2.05, 4.69) is 0 Å². The van der Waals surface area contributed by atoms with Crippen molar-refractivity contribution in [3.8, 4) is 0 Å². The monoisotopic (exact) mass is 268 g/mol. The van der Waals surface area contributed by atoms with E-state index in [1.54, 1.807) is 0 Å². The van der Waals surface area contributed by atoms with E-state index in [1.165, 1.54) is 6.07 Å². The van der Waals surface area contributed by atoms with Crippen molar-refractivity contribution in [3.05, 3.63) is 23.8 Å². The summed E-state index contributed by atoms with van der Waals surface area (Å²) in [6.45, 7) is 1.22. The standard InChI is InChI=1S/C14H18F2N2O/c15-9-7-10(16)14(17)12(8-9)18-5-6-19-13-4-2-1-3-11(13)18/h7-8,11,13H,1-6,17H2. The minimum Gasteiger partial charge on any atom is -0.395 e. The minimum absolute atomic E-state index is 0.0348. The number of nitrogens with two attached hydrogens (primary N) is 1. The van der Waals surface area contributed by atoms with Gasteiger partial charge in [-0.15, -0.1) is 0 Å². The molecule has 0 amide bonds. The van der Waals surface area contributed by atoms with E-state index in [4.69, 9.17) is 10.5 Å². The Morgan fingerprint density at radius 3 is 2.84 bits per heavy atom. The van der Waals surface area contributed by atoms with Crippen LogP contribution in [-0.2, 0) is 4.74 Å². The van der Waals surface area contributed by atoms with E-state index < -0.39 is 11.6 Å². The molecule has 1 saturated carbocycles. The summed E-state index contributed by atoms with van der Waals surface area (Å²) in [4.78, 5) is 2.02. The number of nitrogen functional groups attached to an aromatic ring is 1. The van der Waals surface area contributed by atoms with Gasteiger partial charge in [-0.2, -0.15) is 0 Å². The normalized spacial score (nSPS) is 27.2. The molecule has 1 aromatic carbocycles. The predicted octanol–water partition coefficient (Wildman–Crippen LogP) is 2.69. The van der Waals surface area contributed by atoms with E-state index in [1.807, 2.05) is 4.90 Å². The first kappa shape index (κ1) is 12.7. The van der Waals surface area contributed by atoms with Gasteiger partial charge in [0.1, 0.15) is 5.82 Å². The second-order valence-electron chi connectivity index (χ2n) is 5.27. The van der Waals surface area contributed by atoms with Crippen LogP contribution in [0, 0.1) is 11.6 Å². The molecule has 2 N–H and O–H groups in total. The fourth-order valence-corrected chi connectivity index (χ4v) is 3.20. The summed E-state index contributed by atoms with van der Waals surface area (Å²) < 4.78 is 32.8. The zero-order valence-electron chi connectivity index (χ0n) is 10.7. The van der Waals surface area contributed by atoms with Gasteiger partial charge in [0.2, 0.25) is 0 Å². The Balaban J connectivity index is 1.96. The maximum absolute atomic E-state index is 13.6. The Hall–Kier alpha value is -1.36. The number of benzene rings is 1. The Morgan fingerprint density at radius 2 is 2.00 bits per heavy atom. The Morgan fingerprint density at radius 1 is 1.21 bits per heavy atom. The molecule has 5 heteroatoms. The third kappa shape index (κ3) is 2.27. The van der Waals surface area contributed by atoms with Gasteiger partial charge in [-0.3, -0.25) is 0 Å². The lowest BCUT2D eigenvalue weighted by Crippen LogP contribution is -2.53. The summed E-state index contributed by atoms with van der Waals surface area (Å²) in [6.07, 6.45) is 4.44. The molecule has 19 heavy (non-hydrogen) atoms. The van der Waals surface area contributed by atoms with Gasteiger partial charge in [0.15, 0.2) is 5.82 Å². The van der Waals surface area contributed by atoms with Crippen molar-refractivity contribution in [1.29, 1.82) is 0 Å². The Bertz CT molecular complexity index is 479. The highest BCUT2D eigenvalue weighted by atomic mass is 19.1. The van der Waals surface area contributed by atoms with Crippen LogP contribution < -0.4 is 10.6 Å². The molecule has 3 rings (SSSR count). The van der Waals surface area contributed by atoms with Gasteiger partial charge in [0.25, 0.3) is 0 Å². The zero-order chi connectivity index (χ0) is 13.4. The molecular formula is C14H18F2N2O. The lowest BCUT2D eigenvalue weighted by molar-refractivity contribution is -0.00865. The lowest BCUT2D eigenvalue weighted by atomic mass is 9.89. The van der Waals surface area contributed by atoms with E-state index in [-0.39, 0.29) is 17.8 Å². The summed E-state index contributed by atoms with van der Waals surface area (Å²) in [5.41, 5.74) is 6.28. The van der Waals surface area contributed by atoms with Gasteiger partial charge in [-0.1, -0.05) is 12.8 Å². The number of ether oxygens (including phenoxy) is 1. The maximum Gasteiger partial charge on any atom is 0.151 e. The molecule has 0 radical (unpaired) electrons. The first-order chi connectivity index (χ1) is 9.16. The van der Waals surface area contributed by atoms with Crippen molar-refractivity contribution in [2.24, 2.45) is 0 Å². The molecular weight excluding hydrogens is 250 g/mol. The molecule has 0 aromatic heterocycles. The highest BCUT2D eigenvalue weighted by molar-refractivity contribution is 5.69. The van der Waals surface area contributed by atoms with E-state index in [9.17, 15) is 8.78 Å². The molecule has 0 spiro atoms. The number of anilines is 2. The van der Waals surface area contributed by atoms with Crippen LogP contribution in [-0.4, -0.2) is 25.3 Å². The summed E-state index contributed by atoms with van der Waals surface area (Å²) in [5, 5.41) is 0. The van der Waals surface area contributed by atoms with Gasteiger partial charge in [0, 0.05) is 12.6 Å². The highest BCUT2D eigenvalue weighted by Gasteiger charge is 2.35. The molecule has 1 heterocycles. The average molecular weight is 268 g/mol. The smallest absolute Gasteiger partial charge is 0.151 e. The number of hydrogen-bond donors (Lipinski definition) is 1. The second kappa shape index (κ2) is 4.96. The molecule has 104 valence electrons. The predicted molar refractivity (Wildman–Crippen MR) is 70.1 cm³/mol. The topological polar surface area (TPSA) is 38.5 Å². The third-order valence-electron chi connectivity index (χ3n) is 4.11. The summed E-state index contributed by atoms with van der Waals surface area (Å²) >= 11 is 0. The van der Waals surface area contributed by atoms with Crippen LogP contribution >= 0.6 is 0 Å². The van der Waals surface area contributed by atoms with Crippen molar-refractivity contribution in [3.63, 3.8) is 0 Å². The number of fused-ring (bicyclic) bond motifs is 1. The SMILES string of the molecule is Nc1c(F)cc(F)cc1N1CCOC2CCCCC21. The molecule has 2 fully saturated rings. The van der Waals surface area contributed by atoms with Crippen LogP contribution in [0.1, 0.15) is 25.7 Å². The van der Waals surface area contributed by atoms with Crippen LogP contribution in [0.3, 0.4) is 0 Å². The quantitative estimate of drug-likeness (QED) is 0.796. The maximum atomic E-state index is 13.6. The van der Waals surface area contributed by atoms with Gasteiger partial charge in [-0.05, 0) is 18.9 Å². The van der Waals surface area contributed by atoms with Crippen LogP contribution in [0.5, 0.6) is 0 Å². The van der Waals surface area contributed by atoms with Crippen LogP contribution in [0.15, 0.2) is 12.1 Å². The number of hydrogen-bond acceptors (Lipinski definition) is 3. The van der Waals surface area contributed by atoms with Crippen LogP contribution in [0.25, 0.3) is 0 Å². The Labute approximate surface area is 111 Å². The van der Waals surface area contributed by atoms with Crippen molar-refractivity contribution in [2.75, 3.05) is 23.8 Å². The molecule has 1 aromatic rings. The number of rotatable bonds is 1. The van der Waals surface area contributed by atoms with Gasteiger partial charge >= 0.3 is 0 Å². The molecule has 1 aliphatic heterocycles. The first-order valence-electron chi connectivity index (χ1n) is 6.79. The third-order valence-corrected chi connectivity index (χ3v) is 4.11. The number of halogens is 2. The summed E-state index contributed by atoms with van der Waals surface area (Å²) in [7, 11) is 0. The molecule has 1 saturated heterocycles. The average Bonchev–Trinajstić information content (AvgIpc) is 2.42. The van der Waals surface area contributed by atoms with Crippen molar-refractivity contribution in [2.45, 2.75) is 37.8 Å². The summed E-state index contributed by atoms with van der Waals surface area (Å²) in [5.74, 6) is -1.27. The van der Waals surface area contributed by atoms with E-state index in [0.717, 1.165) is 31.7 Å². The number of nitrogens with zero attached hydrogens (tertiary/aromatic N) is 1. The van der Waals surface area contributed by atoms with Crippen molar-refractivity contribution >= 4 is 11.4 Å². The number of morpholine rings is 1. The fourth-order valence-electron chi connectivity index (χ4n) is 3.20. The highest BCUT2D eigenvalue weighted by Crippen LogP contribution is 2.35. The largest absolute Gasteiger partial charge is 0.395 e. The second-order valence-corrected chi connectivity index (χ2v) is 5.27. The van der Waals surface area contributed by atoms with Crippen LogP contribution in [0.2, 0.25) is 0 Å². The fraction of sp³-hybridized carbons (Fsp3) is 0.571. The molecule has 3 nitrogen and oxygen atoms in total. The van der Waals surface area contributed by atoms with Gasteiger partial charge in [0.05, 0.1) is 30.1 Å². The lowest BCUT2D eigenvalue weighted by Gasteiger charge is -2.45. The summed E-state index contributed by atoms with van der Waals surface area (Å²) in [6, 6.07) is 2.35. The van der Waals surface area contributed by atoms with Gasteiger partial charge < -0.3 is 15.4 Å². The molecule has 1 aliphatic carbocycles. The molecule has 2 unspecified atom stereocenters.